The molecule has 0 spiro atoms. The molecule has 0 N–H and O–H groups in total. The van der Waals surface area contributed by atoms with Crippen LogP contribution in [0.3, 0.4) is 0 Å². The zero-order valence-electron chi connectivity index (χ0n) is 4.66. The van der Waals surface area contributed by atoms with Gasteiger partial charge >= 0.3 is 6.09 Å². The van der Waals surface area contributed by atoms with Gasteiger partial charge in [0.25, 0.3) is 0 Å². The summed E-state index contributed by atoms with van der Waals surface area (Å²) in [4.78, 5) is 13.3. The Bertz CT molecular complexity index is 160. The second-order valence-electron chi connectivity index (χ2n) is 1.07. The van der Waals surface area contributed by atoms with Crippen LogP contribution in [-0.2, 0) is 4.74 Å². The van der Waals surface area contributed by atoms with Gasteiger partial charge in [-0.25, -0.2) is 4.79 Å². The summed E-state index contributed by atoms with van der Waals surface area (Å²) in [6.07, 6.45) is 0.710. The standard InChI is InChI=1S/C5H5NO2S/c1-2-3-8-5(7)6-4-9/h2H,1,3H2. The van der Waals surface area contributed by atoms with Gasteiger partial charge < -0.3 is 4.74 Å². The van der Waals surface area contributed by atoms with Gasteiger partial charge in [0.1, 0.15) is 6.61 Å². The minimum Gasteiger partial charge on any atom is -0.443 e. The minimum atomic E-state index is -0.732. The first-order valence-corrected chi connectivity index (χ1v) is 2.57. The van der Waals surface area contributed by atoms with Gasteiger partial charge in [-0.05, 0) is 12.2 Å². The van der Waals surface area contributed by atoms with Gasteiger partial charge in [-0.1, -0.05) is 12.7 Å². The summed E-state index contributed by atoms with van der Waals surface area (Å²) in [5.74, 6) is 0. The second-order valence-corrected chi connectivity index (χ2v) is 1.25. The molecule has 0 aliphatic heterocycles. The van der Waals surface area contributed by atoms with E-state index in [1.807, 2.05) is 5.16 Å². The zero-order valence-corrected chi connectivity index (χ0v) is 5.48. The number of thiocarbonyl (C=S) groups is 1. The number of aliphatic imine (C=N–C) groups is 1. The number of amides is 1. The Morgan fingerprint density at radius 1 is 2.00 bits per heavy atom. The van der Waals surface area contributed by atoms with Gasteiger partial charge in [0, 0.05) is 0 Å². The lowest BCUT2D eigenvalue weighted by Gasteiger charge is -1.90. The lowest BCUT2D eigenvalue weighted by Crippen LogP contribution is -1.96. The maximum Gasteiger partial charge on any atom is 0.442 e. The molecule has 0 aliphatic carbocycles. The molecule has 48 valence electrons. The fourth-order valence-electron chi connectivity index (χ4n) is 0.200. The molecule has 0 fully saturated rings. The van der Waals surface area contributed by atoms with Gasteiger partial charge in [0.2, 0.25) is 0 Å². The van der Waals surface area contributed by atoms with Crippen molar-refractivity contribution in [1.29, 1.82) is 0 Å². The van der Waals surface area contributed by atoms with Crippen molar-refractivity contribution in [3.05, 3.63) is 12.7 Å². The summed E-state index contributed by atoms with van der Waals surface area (Å²) in [5.41, 5.74) is 0. The van der Waals surface area contributed by atoms with Gasteiger partial charge in [-0.15, -0.1) is 4.99 Å². The van der Waals surface area contributed by atoms with E-state index in [-0.39, 0.29) is 6.61 Å². The Morgan fingerprint density at radius 3 is 3.11 bits per heavy atom. The van der Waals surface area contributed by atoms with E-state index in [1.165, 1.54) is 6.08 Å². The van der Waals surface area contributed by atoms with Crippen LogP contribution in [0.4, 0.5) is 4.79 Å². The number of carbonyl (C=O) groups excluding carboxylic acids is 1. The molecular weight excluding hydrogens is 138 g/mol. The Kier molecular flexibility index (Phi) is 4.59. The molecule has 0 rings (SSSR count). The molecule has 0 unspecified atom stereocenters. The minimum absolute atomic E-state index is 0.152. The molecule has 0 radical (unpaired) electrons. The van der Waals surface area contributed by atoms with Crippen LogP contribution in [0.1, 0.15) is 0 Å². The van der Waals surface area contributed by atoms with E-state index < -0.39 is 6.09 Å². The van der Waals surface area contributed by atoms with E-state index >= 15 is 0 Å². The molecule has 0 saturated heterocycles. The third-order valence-electron chi connectivity index (χ3n) is 0.462. The highest BCUT2D eigenvalue weighted by atomic mass is 32.1. The molecule has 0 aromatic carbocycles. The summed E-state index contributed by atoms with van der Waals surface area (Å²) < 4.78 is 4.38. The topological polar surface area (TPSA) is 38.7 Å². The molecule has 0 saturated carbocycles. The van der Waals surface area contributed by atoms with Crippen molar-refractivity contribution >= 4 is 23.5 Å². The first-order valence-electron chi connectivity index (χ1n) is 2.16. The lowest BCUT2D eigenvalue weighted by atomic mass is 10.7. The third-order valence-corrected chi connectivity index (χ3v) is 0.553. The number of hydrogen-bond donors (Lipinski definition) is 0. The van der Waals surface area contributed by atoms with Gasteiger partial charge in [-0.3, -0.25) is 0 Å². The Hall–Kier alpha value is -0.990. The average molecular weight is 143 g/mol. The smallest absolute Gasteiger partial charge is 0.442 e. The second kappa shape index (κ2) is 5.15. The first-order chi connectivity index (χ1) is 4.31. The van der Waals surface area contributed by atoms with Crippen molar-refractivity contribution < 1.29 is 9.53 Å². The molecule has 9 heavy (non-hydrogen) atoms. The molecule has 0 aromatic rings. The molecule has 0 bridgehead atoms. The fourth-order valence-corrected chi connectivity index (χ4v) is 0.274. The normalized spacial score (nSPS) is 7.11. The summed E-state index contributed by atoms with van der Waals surface area (Å²) in [5, 5.41) is 1.88. The van der Waals surface area contributed by atoms with Gasteiger partial charge in [0.15, 0.2) is 0 Å². The van der Waals surface area contributed by atoms with E-state index in [4.69, 9.17) is 0 Å². The summed E-state index contributed by atoms with van der Waals surface area (Å²) in [6.45, 7) is 3.48. The van der Waals surface area contributed by atoms with Crippen molar-refractivity contribution in [3.63, 3.8) is 0 Å². The van der Waals surface area contributed by atoms with Crippen molar-refractivity contribution in [1.82, 2.24) is 0 Å². The van der Waals surface area contributed by atoms with Crippen LogP contribution in [0.5, 0.6) is 0 Å². The van der Waals surface area contributed by atoms with Gasteiger partial charge in [-0.2, -0.15) is 0 Å². The monoisotopic (exact) mass is 143 g/mol. The highest BCUT2D eigenvalue weighted by Crippen LogP contribution is 1.80. The van der Waals surface area contributed by atoms with Crippen molar-refractivity contribution in [2.75, 3.05) is 6.61 Å². The van der Waals surface area contributed by atoms with Crippen LogP contribution in [0.15, 0.2) is 17.6 Å². The van der Waals surface area contributed by atoms with Crippen LogP contribution < -0.4 is 0 Å². The van der Waals surface area contributed by atoms with Crippen LogP contribution in [0.25, 0.3) is 0 Å². The quantitative estimate of drug-likeness (QED) is 0.333. The van der Waals surface area contributed by atoms with Crippen molar-refractivity contribution in [3.8, 4) is 0 Å². The summed E-state index contributed by atoms with van der Waals surface area (Å²) in [7, 11) is 0. The largest absolute Gasteiger partial charge is 0.443 e. The molecule has 0 aliphatic rings. The van der Waals surface area contributed by atoms with E-state index in [0.717, 1.165) is 0 Å². The summed E-state index contributed by atoms with van der Waals surface area (Å²) >= 11 is 4.14. The number of rotatable bonds is 2. The SMILES string of the molecule is C=CCOC(=O)N=C=S. The van der Waals surface area contributed by atoms with E-state index in [1.54, 1.807) is 0 Å². The van der Waals surface area contributed by atoms with Crippen LogP contribution in [-0.4, -0.2) is 17.9 Å². The third kappa shape index (κ3) is 4.87. The average Bonchev–Trinajstić information content (AvgIpc) is 1.85. The maximum absolute atomic E-state index is 10.2. The first kappa shape index (κ1) is 8.01. The van der Waals surface area contributed by atoms with Crippen LogP contribution in [0, 0.1) is 0 Å². The number of nitrogens with zero attached hydrogens (tertiary/aromatic N) is 1. The van der Waals surface area contributed by atoms with E-state index in [2.05, 4.69) is 28.5 Å². The Balaban J connectivity index is 3.50. The lowest BCUT2D eigenvalue weighted by molar-refractivity contribution is 0.170. The maximum atomic E-state index is 10.2. The molecule has 0 heterocycles. The molecule has 3 nitrogen and oxygen atoms in total. The number of carbonyl (C=O) groups is 1. The zero-order chi connectivity index (χ0) is 7.11. The number of hydrogen-bond acceptors (Lipinski definition) is 3. The molecular formula is C5H5NO2S. The van der Waals surface area contributed by atoms with E-state index in [0.29, 0.717) is 0 Å². The van der Waals surface area contributed by atoms with Crippen LogP contribution >= 0.6 is 12.2 Å². The number of isothiocyanates is 1. The highest BCUT2D eigenvalue weighted by molar-refractivity contribution is 7.78. The van der Waals surface area contributed by atoms with Crippen LogP contribution in [0.2, 0.25) is 0 Å². The van der Waals surface area contributed by atoms with Gasteiger partial charge in [0.05, 0.1) is 5.16 Å². The van der Waals surface area contributed by atoms with Crippen molar-refractivity contribution in [2.24, 2.45) is 4.99 Å². The van der Waals surface area contributed by atoms with E-state index in [9.17, 15) is 4.79 Å². The number of ether oxygens (including phenoxy) is 1. The molecule has 0 aromatic heterocycles. The predicted molar refractivity (Wildman–Crippen MR) is 36.6 cm³/mol. The Labute approximate surface area is 58.0 Å². The molecule has 4 heteroatoms. The fraction of sp³-hybridized carbons (Fsp3) is 0.200. The Morgan fingerprint density at radius 2 is 2.67 bits per heavy atom. The van der Waals surface area contributed by atoms with Crippen molar-refractivity contribution in [2.45, 2.75) is 0 Å². The highest BCUT2D eigenvalue weighted by Gasteiger charge is 1.92. The predicted octanol–water partition coefficient (Wildman–Crippen LogP) is 1.41. The molecule has 1 amide bonds. The summed E-state index contributed by atoms with van der Waals surface area (Å²) in [6, 6.07) is 0. The molecule has 0 atom stereocenters.